The Morgan fingerprint density at radius 2 is 2.06 bits per heavy atom. The van der Waals surface area contributed by atoms with Crippen LogP contribution in [0.4, 0.5) is 0 Å². The molecule has 2 atom stereocenters. The maximum absolute atomic E-state index is 11.0. The van der Waals surface area contributed by atoms with Gasteiger partial charge in [0.2, 0.25) is 0 Å². The minimum Gasteiger partial charge on any atom is -0.486 e. The molecule has 0 saturated heterocycles. The zero-order chi connectivity index (χ0) is 13.0. The number of carbonyl (C=O) groups excluding carboxylic acids is 1. The number of carbonyl (C=O) groups is 1. The van der Waals surface area contributed by atoms with Gasteiger partial charge in [0.1, 0.15) is 11.9 Å². The lowest BCUT2D eigenvalue weighted by Gasteiger charge is -2.23. The first-order chi connectivity index (χ1) is 8.72. The highest BCUT2D eigenvalue weighted by Crippen LogP contribution is 2.31. The van der Waals surface area contributed by atoms with Crippen molar-refractivity contribution in [3.8, 4) is 5.75 Å². The van der Waals surface area contributed by atoms with Gasteiger partial charge in [-0.1, -0.05) is 18.9 Å². The molecule has 98 valence electrons. The molecule has 2 unspecified atom stereocenters. The van der Waals surface area contributed by atoms with Crippen LogP contribution in [0.25, 0.3) is 0 Å². The van der Waals surface area contributed by atoms with Crippen molar-refractivity contribution in [2.75, 3.05) is 0 Å². The summed E-state index contributed by atoms with van der Waals surface area (Å²) in [5.74, 6) is 0.540. The molecule has 4 heteroatoms. The topological polar surface area (TPSA) is 46.5 Å². The van der Waals surface area contributed by atoms with Crippen LogP contribution in [0.2, 0.25) is 0 Å². The maximum atomic E-state index is 11.0. The van der Waals surface area contributed by atoms with Crippen molar-refractivity contribution < 1.29 is 14.6 Å². The Hall–Kier alpha value is -0.870. The summed E-state index contributed by atoms with van der Waals surface area (Å²) in [6.45, 7) is 0. The predicted octanol–water partition coefficient (Wildman–Crippen LogP) is 3.33. The second-order valence-corrected chi connectivity index (χ2v) is 5.49. The molecule has 0 aliphatic heterocycles. The third-order valence-corrected chi connectivity index (χ3v) is 3.94. The third-order valence-electron chi connectivity index (χ3n) is 3.31. The van der Waals surface area contributed by atoms with Gasteiger partial charge >= 0.3 is 0 Å². The number of halogens is 1. The van der Waals surface area contributed by atoms with E-state index in [0.717, 1.165) is 42.9 Å². The van der Waals surface area contributed by atoms with Gasteiger partial charge in [0.25, 0.3) is 0 Å². The van der Waals surface area contributed by atoms with Gasteiger partial charge in [-0.3, -0.25) is 4.79 Å². The lowest BCUT2D eigenvalue weighted by molar-refractivity contribution is 0.0311. The van der Waals surface area contributed by atoms with Gasteiger partial charge in [0.15, 0.2) is 6.29 Å². The normalized spacial score (nSPS) is 24.3. The van der Waals surface area contributed by atoms with E-state index in [0.29, 0.717) is 11.3 Å². The van der Waals surface area contributed by atoms with Crippen LogP contribution in [0.1, 0.15) is 42.5 Å². The van der Waals surface area contributed by atoms with E-state index in [-0.39, 0.29) is 6.10 Å². The Kier molecular flexibility index (Phi) is 4.78. The average molecular weight is 313 g/mol. The highest BCUT2D eigenvalue weighted by atomic mass is 79.9. The van der Waals surface area contributed by atoms with Crippen molar-refractivity contribution in [1.29, 1.82) is 0 Å². The summed E-state index contributed by atoms with van der Waals surface area (Å²) in [6.07, 6.45) is 4.95. The first-order valence-electron chi connectivity index (χ1n) is 6.31. The van der Waals surface area contributed by atoms with Crippen LogP contribution in [0.3, 0.4) is 0 Å². The number of aldehydes is 1. The molecular formula is C14H17BrO3. The molecule has 1 N–H and O–H groups in total. The van der Waals surface area contributed by atoms with Crippen molar-refractivity contribution in [3.63, 3.8) is 0 Å². The maximum Gasteiger partial charge on any atom is 0.153 e. The van der Waals surface area contributed by atoms with Crippen LogP contribution in [-0.2, 0) is 0 Å². The first-order valence-corrected chi connectivity index (χ1v) is 7.10. The summed E-state index contributed by atoms with van der Waals surface area (Å²) in [5.41, 5.74) is 0.515. The molecule has 3 nitrogen and oxygen atoms in total. The number of ether oxygens (including phenoxy) is 1. The molecule has 1 saturated carbocycles. The molecule has 0 aromatic heterocycles. The fraction of sp³-hybridized carbons (Fsp3) is 0.500. The quantitative estimate of drug-likeness (QED) is 0.688. The number of aliphatic hydroxyl groups excluding tert-OH is 1. The number of benzene rings is 1. The van der Waals surface area contributed by atoms with E-state index in [1.54, 1.807) is 12.1 Å². The summed E-state index contributed by atoms with van der Waals surface area (Å²) in [7, 11) is 0. The second-order valence-electron chi connectivity index (χ2n) is 4.64. The van der Waals surface area contributed by atoms with Gasteiger partial charge in [0.05, 0.1) is 16.1 Å². The van der Waals surface area contributed by atoms with E-state index in [1.807, 2.05) is 6.07 Å². The molecule has 0 spiro atoms. The molecule has 18 heavy (non-hydrogen) atoms. The van der Waals surface area contributed by atoms with Gasteiger partial charge in [-0.2, -0.15) is 0 Å². The molecular weight excluding hydrogens is 296 g/mol. The minimum absolute atomic E-state index is 0.218. The molecule has 1 aliphatic rings. The van der Waals surface area contributed by atoms with Crippen LogP contribution in [0.15, 0.2) is 22.7 Å². The van der Waals surface area contributed by atoms with E-state index >= 15 is 0 Å². The molecule has 1 aliphatic carbocycles. The Morgan fingerprint density at radius 3 is 2.83 bits per heavy atom. The van der Waals surface area contributed by atoms with Crippen LogP contribution in [-0.4, -0.2) is 23.6 Å². The molecule has 1 fully saturated rings. The zero-order valence-corrected chi connectivity index (χ0v) is 11.7. The molecule has 2 rings (SSSR count). The summed E-state index contributed by atoms with van der Waals surface area (Å²) < 4.78 is 6.63. The SMILES string of the molecule is O=Cc1cccc(Br)c1OC1CCCCCC1O. The summed E-state index contributed by atoms with van der Waals surface area (Å²) in [5, 5.41) is 10.0. The molecule has 0 radical (unpaired) electrons. The molecule has 0 amide bonds. The highest BCUT2D eigenvalue weighted by Gasteiger charge is 2.24. The van der Waals surface area contributed by atoms with Crippen molar-refractivity contribution in [2.24, 2.45) is 0 Å². The van der Waals surface area contributed by atoms with Crippen molar-refractivity contribution in [1.82, 2.24) is 0 Å². The largest absolute Gasteiger partial charge is 0.486 e. The molecule has 1 aromatic carbocycles. The fourth-order valence-electron chi connectivity index (χ4n) is 2.29. The van der Waals surface area contributed by atoms with E-state index in [9.17, 15) is 9.90 Å². The monoisotopic (exact) mass is 312 g/mol. The van der Waals surface area contributed by atoms with Gasteiger partial charge in [-0.05, 0) is 47.3 Å². The molecule has 0 heterocycles. The Labute approximate surface area is 115 Å². The van der Waals surface area contributed by atoms with Crippen LogP contribution in [0.5, 0.6) is 5.75 Å². The van der Waals surface area contributed by atoms with Crippen LogP contribution in [0, 0.1) is 0 Å². The second kappa shape index (κ2) is 6.34. The summed E-state index contributed by atoms with van der Waals surface area (Å²) in [6, 6.07) is 5.35. The van der Waals surface area contributed by atoms with Crippen LogP contribution < -0.4 is 4.74 Å². The highest BCUT2D eigenvalue weighted by molar-refractivity contribution is 9.10. The lowest BCUT2D eigenvalue weighted by Crippen LogP contribution is -2.30. The number of para-hydroxylation sites is 1. The molecule has 1 aromatic rings. The summed E-state index contributed by atoms with van der Waals surface area (Å²) >= 11 is 3.39. The van der Waals surface area contributed by atoms with E-state index in [2.05, 4.69) is 15.9 Å². The minimum atomic E-state index is -0.445. The number of rotatable bonds is 3. The van der Waals surface area contributed by atoms with E-state index in [1.165, 1.54) is 0 Å². The number of hydrogen-bond acceptors (Lipinski definition) is 3. The number of aliphatic hydroxyl groups is 1. The van der Waals surface area contributed by atoms with Gasteiger partial charge in [0, 0.05) is 0 Å². The third kappa shape index (κ3) is 3.12. The van der Waals surface area contributed by atoms with E-state index in [4.69, 9.17) is 4.74 Å². The van der Waals surface area contributed by atoms with Gasteiger partial charge < -0.3 is 9.84 Å². The smallest absolute Gasteiger partial charge is 0.153 e. The summed E-state index contributed by atoms with van der Waals surface area (Å²) in [4.78, 5) is 11.0. The first kappa shape index (κ1) is 13.6. The van der Waals surface area contributed by atoms with Gasteiger partial charge in [-0.15, -0.1) is 0 Å². The Balaban J connectivity index is 2.19. The van der Waals surface area contributed by atoms with E-state index < -0.39 is 6.10 Å². The zero-order valence-electron chi connectivity index (χ0n) is 10.1. The average Bonchev–Trinajstić information content (AvgIpc) is 2.57. The van der Waals surface area contributed by atoms with Crippen molar-refractivity contribution >= 4 is 22.2 Å². The van der Waals surface area contributed by atoms with Gasteiger partial charge in [-0.25, -0.2) is 0 Å². The fourth-order valence-corrected chi connectivity index (χ4v) is 2.76. The standard InChI is InChI=1S/C14H17BrO3/c15-11-6-4-5-10(9-16)14(11)18-13-8-3-1-2-7-12(13)17/h4-6,9,12-13,17H,1-3,7-8H2. The Morgan fingerprint density at radius 1 is 1.28 bits per heavy atom. The van der Waals surface area contributed by atoms with Crippen molar-refractivity contribution in [2.45, 2.75) is 44.3 Å². The van der Waals surface area contributed by atoms with Crippen LogP contribution >= 0.6 is 15.9 Å². The predicted molar refractivity (Wildman–Crippen MR) is 73.0 cm³/mol. The number of hydrogen-bond donors (Lipinski definition) is 1. The van der Waals surface area contributed by atoms with Crippen molar-refractivity contribution in [3.05, 3.63) is 28.2 Å². The molecule has 0 bridgehead atoms. The Bertz CT molecular complexity index is 420. The lowest BCUT2D eigenvalue weighted by atomic mass is 10.1.